The molecule has 5 nitrogen and oxygen atoms in total. The quantitative estimate of drug-likeness (QED) is 0.883. The van der Waals surface area contributed by atoms with Crippen LogP contribution in [-0.2, 0) is 6.42 Å². The lowest BCUT2D eigenvalue weighted by molar-refractivity contribution is 0.0909. The van der Waals surface area contributed by atoms with Gasteiger partial charge >= 0.3 is 0 Å². The van der Waals surface area contributed by atoms with E-state index in [9.17, 15) is 18.7 Å². The summed E-state index contributed by atoms with van der Waals surface area (Å²) in [7, 11) is 0. The molecule has 1 aromatic carbocycles. The number of hydrogen-bond donors (Lipinski definition) is 2. The number of nitrogens with one attached hydrogen (secondary N) is 1. The molecule has 0 spiro atoms. The first kappa shape index (κ1) is 16.0. The molecule has 0 saturated carbocycles. The summed E-state index contributed by atoms with van der Waals surface area (Å²) in [5, 5.41) is 12.3. The van der Waals surface area contributed by atoms with Gasteiger partial charge < -0.3 is 10.4 Å². The Morgan fingerprint density at radius 3 is 2.68 bits per heavy atom. The van der Waals surface area contributed by atoms with Crippen LogP contribution in [0.5, 0.6) is 0 Å². The Labute approximate surface area is 126 Å². The van der Waals surface area contributed by atoms with Crippen molar-refractivity contribution in [3.63, 3.8) is 0 Å². The highest BCUT2D eigenvalue weighted by Crippen LogP contribution is 2.20. The molecule has 0 aliphatic carbocycles. The molecule has 7 heteroatoms. The Hall–Kier alpha value is -2.41. The van der Waals surface area contributed by atoms with Crippen molar-refractivity contribution in [1.29, 1.82) is 0 Å². The van der Waals surface area contributed by atoms with Crippen LogP contribution in [0.25, 0.3) is 0 Å². The van der Waals surface area contributed by atoms with Crippen molar-refractivity contribution in [2.75, 3.05) is 6.54 Å². The fourth-order valence-corrected chi connectivity index (χ4v) is 2.04. The van der Waals surface area contributed by atoms with Crippen molar-refractivity contribution >= 4 is 5.91 Å². The second kappa shape index (κ2) is 7.04. The van der Waals surface area contributed by atoms with Gasteiger partial charge in [0, 0.05) is 12.7 Å². The summed E-state index contributed by atoms with van der Waals surface area (Å²) in [5.74, 6) is -2.23. The predicted molar refractivity (Wildman–Crippen MR) is 75.1 cm³/mol. The van der Waals surface area contributed by atoms with Crippen LogP contribution in [0.4, 0.5) is 8.78 Å². The number of aliphatic hydroxyl groups is 1. The molecule has 1 atom stereocenters. The number of hydrogen-bond acceptors (Lipinski definition) is 4. The molecule has 0 aliphatic heterocycles. The van der Waals surface area contributed by atoms with Gasteiger partial charge in [0.15, 0.2) is 0 Å². The zero-order valence-corrected chi connectivity index (χ0v) is 11.9. The van der Waals surface area contributed by atoms with Crippen molar-refractivity contribution in [3.8, 4) is 0 Å². The molecular formula is C15H15F2N3O2. The fourth-order valence-electron chi connectivity index (χ4n) is 2.04. The van der Waals surface area contributed by atoms with Crippen molar-refractivity contribution < 1.29 is 18.7 Å². The molecular weight excluding hydrogens is 292 g/mol. The molecule has 0 saturated heterocycles. The molecule has 0 bridgehead atoms. The van der Waals surface area contributed by atoms with Crippen LogP contribution in [0.15, 0.2) is 30.7 Å². The Kier molecular flexibility index (Phi) is 5.11. The minimum Gasteiger partial charge on any atom is -0.386 e. The second-order valence-corrected chi connectivity index (χ2v) is 4.60. The highest BCUT2D eigenvalue weighted by molar-refractivity contribution is 5.94. The third kappa shape index (κ3) is 3.43. The van der Waals surface area contributed by atoms with Crippen LogP contribution in [0.3, 0.4) is 0 Å². The third-order valence-electron chi connectivity index (χ3n) is 3.16. The number of amides is 1. The first-order valence-electron chi connectivity index (χ1n) is 6.73. The van der Waals surface area contributed by atoms with Crippen LogP contribution < -0.4 is 5.32 Å². The van der Waals surface area contributed by atoms with E-state index in [4.69, 9.17) is 0 Å². The van der Waals surface area contributed by atoms with Crippen LogP contribution >= 0.6 is 0 Å². The Balaban J connectivity index is 2.08. The number of aromatic nitrogens is 2. The highest BCUT2D eigenvalue weighted by Gasteiger charge is 2.19. The van der Waals surface area contributed by atoms with Gasteiger partial charge in [-0.25, -0.2) is 18.7 Å². The van der Waals surface area contributed by atoms with Gasteiger partial charge in [-0.2, -0.15) is 0 Å². The van der Waals surface area contributed by atoms with Crippen LogP contribution in [-0.4, -0.2) is 27.5 Å². The number of aliphatic hydroxyl groups excluding tert-OH is 1. The maximum absolute atomic E-state index is 13.5. The van der Waals surface area contributed by atoms with Crippen LogP contribution in [0, 0.1) is 11.6 Å². The van der Waals surface area contributed by atoms with Crippen LogP contribution in [0.1, 0.15) is 34.6 Å². The summed E-state index contributed by atoms with van der Waals surface area (Å²) in [5.41, 5.74) is 0.355. The molecule has 0 fully saturated rings. The molecule has 22 heavy (non-hydrogen) atoms. The van der Waals surface area contributed by atoms with E-state index in [1.54, 1.807) is 0 Å². The Bertz CT molecular complexity index is 659. The zero-order chi connectivity index (χ0) is 16.1. The Morgan fingerprint density at radius 1 is 1.36 bits per heavy atom. The van der Waals surface area contributed by atoms with E-state index in [1.807, 2.05) is 6.92 Å². The van der Waals surface area contributed by atoms with Gasteiger partial charge in [0.1, 0.15) is 24.1 Å². The number of benzene rings is 1. The van der Waals surface area contributed by atoms with E-state index < -0.39 is 29.2 Å². The Morgan fingerprint density at radius 2 is 2.05 bits per heavy atom. The van der Waals surface area contributed by atoms with E-state index in [0.29, 0.717) is 12.1 Å². The topological polar surface area (TPSA) is 75.1 Å². The van der Waals surface area contributed by atoms with Crippen molar-refractivity contribution in [1.82, 2.24) is 15.3 Å². The largest absolute Gasteiger partial charge is 0.386 e. The van der Waals surface area contributed by atoms with Crippen molar-refractivity contribution in [2.24, 2.45) is 0 Å². The average molecular weight is 307 g/mol. The summed E-state index contributed by atoms with van der Waals surface area (Å²) in [6.07, 6.45) is 1.74. The second-order valence-electron chi connectivity index (χ2n) is 4.60. The van der Waals surface area contributed by atoms with E-state index in [-0.39, 0.29) is 12.1 Å². The van der Waals surface area contributed by atoms with Gasteiger partial charge in [-0.05, 0) is 18.6 Å². The summed E-state index contributed by atoms with van der Waals surface area (Å²) in [4.78, 5) is 19.8. The SMILES string of the molecule is CCc1ncncc1C(=O)NC[C@@H](O)c1c(F)cccc1F. The number of rotatable bonds is 5. The van der Waals surface area contributed by atoms with Gasteiger partial charge in [-0.15, -0.1) is 0 Å². The molecule has 2 aromatic rings. The summed E-state index contributed by atoms with van der Waals surface area (Å²) in [6.45, 7) is 1.51. The van der Waals surface area contributed by atoms with Gasteiger partial charge in [0.05, 0.1) is 16.8 Å². The maximum atomic E-state index is 13.5. The molecule has 1 heterocycles. The van der Waals surface area contributed by atoms with Crippen molar-refractivity contribution in [2.45, 2.75) is 19.4 Å². The smallest absolute Gasteiger partial charge is 0.254 e. The molecule has 116 valence electrons. The number of carbonyl (C=O) groups is 1. The van der Waals surface area contributed by atoms with E-state index in [1.165, 1.54) is 18.6 Å². The monoisotopic (exact) mass is 307 g/mol. The highest BCUT2D eigenvalue weighted by atomic mass is 19.1. The van der Waals surface area contributed by atoms with Gasteiger partial charge in [0.25, 0.3) is 5.91 Å². The lowest BCUT2D eigenvalue weighted by atomic mass is 10.1. The lowest BCUT2D eigenvalue weighted by Crippen LogP contribution is -2.30. The van der Waals surface area contributed by atoms with Crippen molar-refractivity contribution in [3.05, 3.63) is 59.2 Å². The molecule has 1 amide bonds. The number of nitrogens with zero attached hydrogens (tertiary/aromatic N) is 2. The normalized spacial score (nSPS) is 12.0. The van der Waals surface area contributed by atoms with Gasteiger partial charge in [-0.3, -0.25) is 4.79 Å². The minimum absolute atomic E-state index is 0.270. The lowest BCUT2D eigenvalue weighted by Gasteiger charge is -2.14. The molecule has 0 aliphatic rings. The number of carbonyl (C=O) groups excluding carboxylic acids is 1. The molecule has 2 rings (SSSR count). The molecule has 1 aromatic heterocycles. The number of aryl methyl sites for hydroxylation is 1. The van der Waals surface area contributed by atoms with Crippen LogP contribution in [0.2, 0.25) is 0 Å². The van der Waals surface area contributed by atoms with E-state index >= 15 is 0 Å². The average Bonchev–Trinajstić information content (AvgIpc) is 2.52. The molecule has 0 radical (unpaired) electrons. The first-order chi connectivity index (χ1) is 10.5. The maximum Gasteiger partial charge on any atom is 0.254 e. The minimum atomic E-state index is -1.49. The third-order valence-corrected chi connectivity index (χ3v) is 3.16. The predicted octanol–water partition coefficient (Wildman–Crippen LogP) is 1.78. The standard InChI is InChI=1S/C15H15F2N3O2/c1-2-12-9(6-18-8-20-12)15(22)19-7-13(21)14-10(16)4-3-5-11(14)17/h3-6,8,13,21H,2,7H2,1H3,(H,19,22)/t13-/m1/s1. The summed E-state index contributed by atoms with van der Waals surface area (Å²) in [6, 6.07) is 3.29. The van der Waals surface area contributed by atoms with E-state index in [2.05, 4.69) is 15.3 Å². The first-order valence-corrected chi connectivity index (χ1v) is 6.73. The zero-order valence-electron chi connectivity index (χ0n) is 11.9. The summed E-state index contributed by atoms with van der Waals surface area (Å²) >= 11 is 0. The fraction of sp³-hybridized carbons (Fsp3) is 0.267. The molecule has 0 unspecified atom stereocenters. The summed E-state index contributed by atoms with van der Waals surface area (Å²) < 4.78 is 27.1. The number of halogens is 2. The molecule has 2 N–H and O–H groups in total. The van der Waals surface area contributed by atoms with Gasteiger partial charge in [0.2, 0.25) is 0 Å². The van der Waals surface area contributed by atoms with E-state index in [0.717, 1.165) is 12.1 Å². The van der Waals surface area contributed by atoms with Gasteiger partial charge in [-0.1, -0.05) is 13.0 Å².